The van der Waals surface area contributed by atoms with Crippen LogP contribution in [0.15, 0.2) is 70.1 Å². The molecule has 128 valence electrons. The summed E-state index contributed by atoms with van der Waals surface area (Å²) >= 11 is 3.67. The Labute approximate surface area is 173 Å². The summed E-state index contributed by atoms with van der Waals surface area (Å²) in [6, 6.07) is 17.1. The van der Waals surface area contributed by atoms with Crippen molar-refractivity contribution in [2.24, 2.45) is 7.05 Å². The fourth-order valence-corrected chi connectivity index (χ4v) is 5.25. The molecule has 1 aromatic heterocycles. The zero-order valence-corrected chi connectivity index (χ0v) is 18.2. The largest absolute Gasteiger partial charge is 1.00 e. The number of nitrogens with zero attached hydrogens (tertiary/aromatic N) is 2. The Balaban J connectivity index is 0.00000182. The second-order valence-electron chi connectivity index (χ2n) is 5.97. The molecule has 3 aromatic rings. The van der Waals surface area contributed by atoms with E-state index < -0.39 is 0 Å². The second kappa shape index (κ2) is 7.51. The lowest BCUT2D eigenvalue weighted by Crippen LogP contribution is -3.00. The standard InChI is InChI=1S/C20H19N2S2.HI/c1-14(12-19-21(2)15-8-4-6-10-17(15)23-19)13-20-22(3)16-9-5-7-11-18(16)24-20;/h4-13H,1-3H3;1H/q+1;/p-1. The number of anilines is 1. The van der Waals surface area contributed by atoms with Gasteiger partial charge < -0.3 is 28.9 Å². The van der Waals surface area contributed by atoms with Crippen molar-refractivity contribution >= 4 is 45.1 Å². The van der Waals surface area contributed by atoms with Crippen LogP contribution in [0.4, 0.5) is 5.69 Å². The van der Waals surface area contributed by atoms with Crippen LogP contribution >= 0.6 is 23.1 Å². The molecule has 0 radical (unpaired) electrons. The van der Waals surface area contributed by atoms with Gasteiger partial charge in [0.1, 0.15) is 11.7 Å². The van der Waals surface area contributed by atoms with E-state index in [0.29, 0.717) is 0 Å². The summed E-state index contributed by atoms with van der Waals surface area (Å²) in [6.07, 6.45) is 4.55. The van der Waals surface area contributed by atoms with Crippen LogP contribution in [-0.2, 0) is 7.05 Å². The summed E-state index contributed by atoms with van der Waals surface area (Å²) in [5.74, 6) is 0. The Morgan fingerprint density at radius 3 is 2.56 bits per heavy atom. The van der Waals surface area contributed by atoms with Crippen LogP contribution in [0.1, 0.15) is 11.9 Å². The molecule has 1 aliphatic heterocycles. The Morgan fingerprint density at radius 2 is 1.80 bits per heavy atom. The molecule has 0 saturated carbocycles. The number of halogens is 1. The van der Waals surface area contributed by atoms with Crippen molar-refractivity contribution in [2.45, 2.75) is 11.8 Å². The fourth-order valence-electron chi connectivity index (χ4n) is 2.92. The normalized spacial score (nSPS) is 15.6. The molecule has 0 spiro atoms. The van der Waals surface area contributed by atoms with Crippen molar-refractivity contribution in [3.05, 3.63) is 70.2 Å². The van der Waals surface area contributed by atoms with Crippen molar-refractivity contribution in [3.63, 3.8) is 0 Å². The van der Waals surface area contributed by atoms with Gasteiger partial charge in [-0.05, 0) is 36.8 Å². The monoisotopic (exact) mass is 478 g/mol. The highest BCUT2D eigenvalue weighted by atomic mass is 127. The molecular formula is C20H19IN2S2. The highest BCUT2D eigenvalue weighted by molar-refractivity contribution is 8.03. The van der Waals surface area contributed by atoms with Crippen LogP contribution in [0.2, 0.25) is 0 Å². The molecule has 4 rings (SSSR count). The van der Waals surface area contributed by atoms with E-state index in [1.54, 1.807) is 0 Å². The first kappa shape index (κ1) is 18.5. The number of para-hydroxylation sites is 2. The predicted octanol–water partition coefficient (Wildman–Crippen LogP) is 2.22. The highest BCUT2D eigenvalue weighted by Gasteiger charge is 2.21. The third-order valence-corrected chi connectivity index (χ3v) is 6.58. The third-order valence-electron chi connectivity index (χ3n) is 4.25. The number of benzene rings is 2. The first-order chi connectivity index (χ1) is 11.6. The number of allylic oxidation sites excluding steroid dienone is 2. The lowest BCUT2D eigenvalue weighted by atomic mass is 10.2. The molecule has 2 aromatic carbocycles. The van der Waals surface area contributed by atoms with Crippen LogP contribution in [0.5, 0.6) is 0 Å². The fraction of sp³-hybridized carbons (Fsp3) is 0.150. The predicted molar refractivity (Wildman–Crippen MR) is 105 cm³/mol. The number of rotatable bonds is 2. The first-order valence-corrected chi connectivity index (χ1v) is 9.55. The van der Waals surface area contributed by atoms with Gasteiger partial charge in [0.15, 0.2) is 0 Å². The van der Waals surface area contributed by atoms with Crippen LogP contribution in [-0.4, -0.2) is 7.05 Å². The molecule has 0 unspecified atom stereocenters. The minimum Gasteiger partial charge on any atom is -1.00 e. The maximum Gasteiger partial charge on any atom is 0.262 e. The number of aryl methyl sites for hydroxylation is 1. The number of thioether (sulfide) groups is 1. The number of fused-ring (bicyclic) bond motifs is 2. The van der Waals surface area contributed by atoms with Crippen LogP contribution in [0.25, 0.3) is 16.3 Å². The molecule has 2 heterocycles. The highest BCUT2D eigenvalue weighted by Crippen LogP contribution is 2.45. The van der Waals surface area contributed by atoms with E-state index in [2.05, 4.69) is 91.2 Å². The minimum atomic E-state index is 0. The van der Waals surface area contributed by atoms with Gasteiger partial charge in [-0.3, -0.25) is 0 Å². The Bertz CT molecular complexity index is 988. The molecular weight excluding hydrogens is 459 g/mol. The Hall–Kier alpha value is -1.31. The topological polar surface area (TPSA) is 7.12 Å². The van der Waals surface area contributed by atoms with Gasteiger partial charge in [-0.25, -0.2) is 0 Å². The number of hydrogen-bond donors (Lipinski definition) is 0. The number of hydrogen-bond acceptors (Lipinski definition) is 3. The van der Waals surface area contributed by atoms with Gasteiger partial charge in [0, 0.05) is 24.1 Å². The van der Waals surface area contributed by atoms with Gasteiger partial charge in [0.2, 0.25) is 5.52 Å². The smallest absolute Gasteiger partial charge is 0.262 e. The number of thiazole rings is 1. The summed E-state index contributed by atoms with van der Waals surface area (Å²) in [4.78, 5) is 3.59. The van der Waals surface area contributed by atoms with Crippen molar-refractivity contribution in [3.8, 4) is 0 Å². The van der Waals surface area contributed by atoms with Gasteiger partial charge >= 0.3 is 0 Å². The average molecular weight is 478 g/mol. The molecule has 1 aliphatic rings. The maximum absolute atomic E-state index is 2.27. The van der Waals surface area contributed by atoms with E-state index in [1.165, 1.54) is 36.4 Å². The van der Waals surface area contributed by atoms with E-state index >= 15 is 0 Å². The van der Waals surface area contributed by atoms with Crippen LogP contribution in [0.3, 0.4) is 0 Å². The summed E-state index contributed by atoms with van der Waals surface area (Å²) in [5, 5.41) is 2.54. The quantitative estimate of drug-likeness (QED) is 0.412. The first-order valence-electron chi connectivity index (χ1n) is 7.91. The molecule has 0 aliphatic carbocycles. The zero-order valence-electron chi connectivity index (χ0n) is 14.4. The molecule has 0 fully saturated rings. The van der Waals surface area contributed by atoms with Gasteiger partial charge in [-0.1, -0.05) is 47.4 Å². The van der Waals surface area contributed by atoms with E-state index in [9.17, 15) is 0 Å². The van der Waals surface area contributed by atoms with Crippen molar-refractivity contribution in [2.75, 3.05) is 11.9 Å². The van der Waals surface area contributed by atoms with E-state index in [1.807, 2.05) is 23.1 Å². The minimum absolute atomic E-state index is 0. The summed E-state index contributed by atoms with van der Waals surface area (Å²) in [5.41, 5.74) is 3.84. The molecule has 25 heavy (non-hydrogen) atoms. The van der Waals surface area contributed by atoms with Crippen molar-refractivity contribution in [1.82, 2.24) is 0 Å². The van der Waals surface area contributed by atoms with Gasteiger partial charge in [0.25, 0.3) is 5.01 Å². The lowest BCUT2D eigenvalue weighted by Gasteiger charge is -2.13. The lowest BCUT2D eigenvalue weighted by molar-refractivity contribution is -0.642. The van der Waals surface area contributed by atoms with Crippen molar-refractivity contribution < 1.29 is 28.5 Å². The van der Waals surface area contributed by atoms with E-state index in [4.69, 9.17) is 0 Å². The molecule has 0 atom stereocenters. The van der Waals surface area contributed by atoms with Crippen LogP contribution in [0, 0.1) is 0 Å². The Morgan fingerprint density at radius 1 is 1.08 bits per heavy atom. The average Bonchev–Trinajstić information content (AvgIpc) is 3.06. The summed E-state index contributed by atoms with van der Waals surface area (Å²) in [7, 11) is 4.27. The van der Waals surface area contributed by atoms with Crippen LogP contribution < -0.4 is 33.4 Å². The molecule has 0 amide bonds. The molecule has 2 nitrogen and oxygen atoms in total. The third kappa shape index (κ3) is 3.50. The molecule has 0 bridgehead atoms. The summed E-state index contributed by atoms with van der Waals surface area (Å²) in [6.45, 7) is 2.18. The van der Waals surface area contributed by atoms with Gasteiger partial charge in [-0.2, -0.15) is 4.57 Å². The zero-order chi connectivity index (χ0) is 16.7. The molecule has 0 saturated heterocycles. The molecule has 5 heteroatoms. The maximum atomic E-state index is 2.27. The second-order valence-corrected chi connectivity index (χ2v) is 8.09. The summed E-state index contributed by atoms with van der Waals surface area (Å²) < 4.78 is 3.59. The van der Waals surface area contributed by atoms with E-state index in [-0.39, 0.29) is 24.0 Å². The van der Waals surface area contributed by atoms with E-state index in [0.717, 1.165) is 0 Å². The SMILES string of the molecule is CC(=C\c1sc2ccccc2[n+]1C)/C=C1/Sc2ccccc2N1C.[I-]. The van der Waals surface area contributed by atoms with Gasteiger partial charge in [0.05, 0.1) is 10.7 Å². The number of aromatic nitrogens is 1. The van der Waals surface area contributed by atoms with Crippen molar-refractivity contribution in [1.29, 1.82) is 0 Å². The van der Waals surface area contributed by atoms with Gasteiger partial charge in [-0.15, -0.1) is 0 Å². The molecule has 0 N–H and O–H groups in total. The Kier molecular flexibility index (Phi) is 5.55.